The first-order chi connectivity index (χ1) is 9.69. The number of fused-ring (bicyclic) bond motifs is 1. The molecule has 0 fully saturated rings. The van der Waals surface area contributed by atoms with Gasteiger partial charge in [-0.05, 0) is 42.2 Å². The molecule has 0 saturated carbocycles. The normalized spacial score (nSPS) is 17.7. The molecule has 0 spiro atoms. The Hall–Kier alpha value is -1.80. The van der Waals surface area contributed by atoms with Gasteiger partial charge in [-0.15, -0.1) is 0 Å². The third-order valence-corrected chi connectivity index (χ3v) is 3.99. The van der Waals surface area contributed by atoms with Gasteiger partial charge in [0.1, 0.15) is 0 Å². The van der Waals surface area contributed by atoms with Crippen LogP contribution in [0.1, 0.15) is 22.8 Å². The van der Waals surface area contributed by atoms with E-state index in [1.54, 1.807) is 6.07 Å². The average Bonchev–Trinajstić information content (AvgIpc) is 2.46. The van der Waals surface area contributed by atoms with Gasteiger partial charge in [-0.1, -0.05) is 36.7 Å². The summed E-state index contributed by atoms with van der Waals surface area (Å²) in [6.45, 7) is 3.15. The van der Waals surface area contributed by atoms with Crippen LogP contribution in [0.5, 0.6) is 0 Å². The maximum Gasteiger partial charge on any atom is 0.152 e. The van der Waals surface area contributed by atoms with Crippen molar-refractivity contribution < 1.29 is 4.79 Å². The second-order valence-electron chi connectivity index (χ2n) is 5.37. The fourth-order valence-corrected chi connectivity index (χ4v) is 3.07. The van der Waals surface area contributed by atoms with E-state index in [4.69, 9.17) is 11.6 Å². The van der Waals surface area contributed by atoms with E-state index < -0.39 is 0 Å². The van der Waals surface area contributed by atoms with Crippen LogP contribution in [0.2, 0.25) is 5.02 Å². The van der Waals surface area contributed by atoms with Crippen LogP contribution in [-0.4, -0.2) is 12.8 Å². The fraction of sp³-hybridized carbons (Fsp3) is 0.235. The standard InChI is InChI=1S/C17H16ClNO/c1-12-8-13-4-2-3-5-16(13)19(10-12)17-7-6-15(18)9-14(17)11-20/h2-7,9,11-12H,8,10H2,1H3. The second kappa shape index (κ2) is 5.29. The minimum absolute atomic E-state index is 0.556. The Morgan fingerprint density at radius 2 is 2.00 bits per heavy atom. The summed E-state index contributed by atoms with van der Waals surface area (Å²) in [5.41, 5.74) is 4.10. The minimum atomic E-state index is 0.556. The Balaban J connectivity index is 2.13. The summed E-state index contributed by atoms with van der Waals surface area (Å²) < 4.78 is 0. The van der Waals surface area contributed by atoms with Crippen molar-refractivity contribution in [3.05, 3.63) is 58.6 Å². The largest absolute Gasteiger partial charge is 0.340 e. The molecule has 1 heterocycles. The topological polar surface area (TPSA) is 20.3 Å². The zero-order valence-corrected chi connectivity index (χ0v) is 12.1. The lowest BCUT2D eigenvalue weighted by molar-refractivity contribution is 0.112. The van der Waals surface area contributed by atoms with Crippen molar-refractivity contribution in [1.82, 2.24) is 0 Å². The van der Waals surface area contributed by atoms with Crippen LogP contribution in [0.15, 0.2) is 42.5 Å². The van der Waals surface area contributed by atoms with Crippen molar-refractivity contribution in [2.24, 2.45) is 5.92 Å². The highest BCUT2D eigenvalue weighted by molar-refractivity contribution is 6.31. The quantitative estimate of drug-likeness (QED) is 0.758. The molecule has 0 radical (unpaired) electrons. The Kier molecular flexibility index (Phi) is 3.49. The third-order valence-electron chi connectivity index (χ3n) is 3.75. The highest BCUT2D eigenvalue weighted by Gasteiger charge is 2.24. The van der Waals surface area contributed by atoms with Crippen LogP contribution in [0, 0.1) is 5.92 Å². The molecular formula is C17H16ClNO. The highest BCUT2D eigenvalue weighted by atomic mass is 35.5. The van der Waals surface area contributed by atoms with E-state index in [0.717, 1.165) is 24.9 Å². The van der Waals surface area contributed by atoms with Crippen molar-refractivity contribution in [2.75, 3.05) is 11.4 Å². The maximum absolute atomic E-state index is 11.3. The first-order valence-electron chi connectivity index (χ1n) is 6.79. The molecule has 1 aliphatic heterocycles. The van der Waals surface area contributed by atoms with E-state index >= 15 is 0 Å². The number of anilines is 2. The minimum Gasteiger partial charge on any atom is -0.340 e. The molecule has 0 bridgehead atoms. The summed E-state index contributed by atoms with van der Waals surface area (Å²) >= 11 is 5.99. The maximum atomic E-state index is 11.3. The molecule has 3 rings (SSSR count). The van der Waals surface area contributed by atoms with Crippen LogP contribution in [0.3, 0.4) is 0 Å². The average molecular weight is 286 g/mol. The highest BCUT2D eigenvalue weighted by Crippen LogP contribution is 2.37. The van der Waals surface area contributed by atoms with Crippen LogP contribution in [-0.2, 0) is 6.42 Å². The fourth-order valence-electron chi connectivity index (χ4n) is 2.89. The molecule has 2 aromatic rings. The molecule has 1 atom stereocenters. The molecule has 20 heavy (non-hydrogen) atoms. The summed E-state index contributed by atoms with van der Waals surface area (Å²) in [6, 6.07) is 13.9. The molecular weight excluding hydrogens is 270 g/mol. The zero-order valence-electron chi connectivity index (χ0n) is 11.3. The molecule has 2 aromatic carbocycles. The summed E-state index contributed by atoms with van der Waals surface area (Å²) in [5, 5.41) is 0.592. The number of halogens is 1. The lowest BCUT2D eigenvalue weighted by atomic mass is 9.93. The van der Waals surface area contributed by atoms with Crippen LogP contribution in [0.4, 0.5) is 11.4 Å². The molecule has 1 aliphatic rings. The number of para-hydroxylation sites is 1. The molecule has 0 saturated heterocycles. The van der Waals surface area contributed by atoms with Gasteiger partial charge in [-0.3, -0.25) is 4.79 Å². The number of carbonyl (C=O) groups excluding carboxylic acids is 1. The first kappa shape index (κ1) is 13.2. The molecule has 102 valence electrons. The summed E-state index contributed by atoms with van der Waals surface area (Å²) in [7, 11) is 0. The van der Waals surface area contributed by atoms with Crippen LogP contribution < -0.4 is 4.90 Å². The van der Waals surface area contributed by atoms with E-state index in [9.17, 15) is 4.79 Å². The van der Waals surface area contributed by atoms with E-state index in [2.05, 4.69) is 30.0 Å². The Morgan fingerprint density at radius 1 is 1.20 bits per heavy atom. The van der Waals surface area contributed by atoms with Crippen LogP contribution >= 0.6 is 11.6 Å². The number of nitrogens with zero attached hydrogens (tertiary/aromatic N) is 1. The Bertz CT molecular complexity index is 653. The van der Waals surface area contributed by atoms with Gasteiger partial charge in [0.05, 0.1) is 5.69 Å². The van der Waals surface area contributed by atoms with Gasteiger partial charge in [-0.25, -0.2) is 0 Å². The van der Waals surface area contributed by atoms with Gasteiger partial charge in [0.2, 0.25) is 0 Å². The summed E-state index contributed by atoms with van der Waals surface area (Å²) in [5.74, 6) is 0.556. The Labute approximate surface area is 124 Å². The number of benzene rings is 2. The predicted octanol–water partition coefficient (Wildman–Crippen LogP) is 4.48. The van der Waals surface area contributed by atoms with Gasteiger partial charge in [0.15, 0.2) is 6.29 Å². The summed E-state index contributed by atoms with van der Waals surface area (Å²) in [4.78, 5) is 13.6. The van der Waals surface area contributed by atoms with E-state index in [0.29, 0.717) is 16.5 Å². The number of carbonyl (C=O) groups is 1. The third kappa shape index (κ3) is 2.32. The Morgan fingerprint density at radius 3 is 2.80 bits per heavy atom. The van der Waals surface area contributed by atoms with Gasteiger partial charge < -0.3 is 4.90 Å². The molecule has 1 unspecified atom stereocenters. The monoisotopic (exact) mass is 285 g/mol. The molecule has 3 heteroatoms. The van der Waals surface area contributed by atoms with Crippen molar-refractivity contribution in [2.45, 2.75) is 13.3 Å². The number of aldehydes is 1. The first-order valence-corrected chi connectivity index (χ1v) is 7.17. The SMILES string of the molecule is CC1Cc2ccccc2N(c2ccc(Cl)cc2C=O)C1. The van der Waals surface area contributed by atoms with E-state index in [1.807, 2.05) is 18.2 Å². The van der Waals surface area contributed by atoms with Crippen molar-refractivity contribution in [3.8, 4) is 0 Å². The second-order valence-corrected chi connectivity index (χ2v) is 5.81. The summed E-state index contributed by atoms with van der Waals surface area (Å²) in [6.07, 6.45) is 1.96. The number of hydrogen-bond acceptors (Lipinski definition) is 2. The number of rotatable bonds is 2. The molecule has 0 aromatic heterocycles. The molecule has 0 amide bonds. The van der Waals surface area contributed by atoms with Crippen LogP contribution in [0.25, 0.3) is 0 Å². The van der Waals surface area contributed by atoms with Gasteiger partial charge in [0, 0.05) is 22.8 Å². The lowest BCUT2D eigenvalue weighted by Crippen LogP contribution is -2.31. The predicted molar refractivity (Wildman–Crippen MR) is 83.2 cm³/mol. The molecule has 0 aliphatic carbocycles. The number of hydrogen-bond donors (Lipinski definition) is 0. The van der Waals surface area contributed by atoms with Crippen molar-refractivity contribution >= 4 is 29.3 Å². The van der Waals surface area contributed by atoms with Crippen molar-refractivity contribution in [3.63, 3.8) is 0 Å². The van der Waals surface area contributed by atoms with Gasteiger partial charge in [-0.2, -0.15) is 0 Å². The smallest absolute Gasteiger partial charge is 0.152 e. The van der Waals surface area contributed by atoms with Gasteiger partial charge >= 0.3 is 0 Å². The van der Waals surface area contributed by atoms with E-state index in [-0.39, 0.29) is 0 Å². The lowest BCUT2D eigenvalue weighted by Gasteiger charge is -2.35. The van der Waals surface area contributed by atoms with Gasteiger partial charge in [0.25, 0.3) is 0 Å². The van der Waals surface area contributed by atoms with E-state index in [1.165, 1.54) is 11.3 Å². The van der Waals surface area contributed by atoms with Crippen molar-refractivity contribution in [1.29, 1.82) is 0 Å². The zero-order chi connectivity index (χ0) is 14.1. The molecule has 0 N–H and O–H groups in total. The molecule has 2 nitrogen and oxygen atoms in total.